The molecule has 1 unspecified atom stereocenters. The number of aliphatic hydroxyl groups excluding tert-OH is 1. The van der Waals surface area contributed by atoms with Gasteiger partial charge in [0.15, 0.2) is 0 Å². The number of amides is 1. The Morgan fingerprint density at radius 3 is 3.00 bits per heavy atom. The van der Waals surface area contributed by atoms with Crippen LogP contribution < -0.4 is 10.6 Å². The first-order chi connectivity index (χ1) is 8.61. The Labute approximate surface area is 111 Å². The van der Waals surface area contributed by atoms with E-state index in [2.05, 4.69) is 4.90 Å². The van der Waals surface area contributed by atoms with Gasteiger partial charge in [0.05, 0.1) is 5.56 Å². The number of hydrogen-bond acceptors (Lipinski definition) is 3. The summed E-state index contributed by atoms with van der Waals surface area (Å²) in [4.78, 5) is 13.6. The molecule has 18 heavy (non-hydrogen) atoms. The summed E-state index contributed by atoms with van der Waals surface area (Å²) in [7, 11) is 0. The maximum absolute atomic E-state index is 11.4. The number of hydrogen-bond donors (Lipinski definition) is 2. The summed E-state index contributed by atoms with van der Waals surface area (Å²) >= 11 is 5.89. The van der Waals surface area contributed by atoms with Crippen molar-refractivity contribution < 1.29 is 9.90 Å². The standard InChI is InChI=1S/C13H17ClN2O2/c14-10-1-2-12(11(7-10)13(15)18)16-5-3-9(8-16)4-6-17/h1-2,7,9,17H,3-6,8H2,(H2,15,18). The number of primary amides is 1. The van der Waals surface area contributed by atoms with E-state index in [1.54, 1.807) is 12.1 Å². The molecule has 4 nitrogen and oxygen atoms in total. The molecule has 0 aliphatic carbocycles. The molecule has 1 amide bonds. The predicted molar refractivity (Wildman–Crippen MR) is 72.0 cm³/mol. The second-order valence-electron chi connectivity index (χ2n) is 4.64. The minimum absolute atomic E-state index is 0.210. The quantitative estimate of drug-likeness (QED) is 0.873. The smallest absolute Gasteiger partial charge is 0.250 e. The highest BCUT2D eigenvalue weighted by Crippen LogP contribution is 2.30. The third kappa shape index (κ3) is 2.76. The number of nitrogens with zero attached hydrogens (tertiary/aromatic N) is 1. The Morgan fingerprint density at radius 2 is 2.33 bits per heavy atom. The first-order valence-corrected chi connectivity index (χ1v) is 6.44. The molecule has 3 N–H and O–H groups in total. The van der Waals surface area contributed by atoms with Crippen molar-refractivity contribution in [2.45, 2.75) is 12.8 Å². The van der Waals surface area contributed by atoms with Gasteiger partial charge in [0, 0.05) is 30.4 Å². The Morgan fingerprint density at radius 1 is 1.56 bits per heavy atom. The molecule has 0 radical (unpaired) electrons. The average Bonchev–Trinajstić information content (AvgIpc) is 2.78. The zero-order valence-corrected chi connectivity index (χ0v) is 10.9. The summed E-state index contributed by atoms with van der Waals surface area (Å²) in [5.41, 5.74) is 6.69. The van der Waals surface area contributed by atoms with Crippen molar-refractivity contribution in [2.75, 3.05) is 24.6 Å². The molecule has 0 saturated carbocycles. The predicted octanol–water partition coefficient (Wildman–Crippen LogP) is 1.65. The lowest BCUT2D eigenvalue weighted by Gasteiger charge is -2.21. The molecular weight excluding hydrogens is 252 g/mol. The van der Waals surface area contributed by atoms with E-state index in [1.807, 2.05) is 6.07 Å². The maximum atomic E-state index is 11.4. The monoisotopic (exact) mass is 268 g/mol. The van der Waals surface area contributed by atoms with Crippen LogP contribution in [-0.4, -0.2) is 30.7 Å². The fraction of sp³-hybridized carbons (Fsp3) is 0.462. The fourth-order valence-corrected chi connectivity index (χ4v) is 2.62. The molecule has 0 aromatic heterocycles. The summed E-state index contributed by atoms with van der Waals surface area (Å²) in [6.07, 6.45) is 1.83. The van der Waals surface area contributed by atoms with Gasteiger partial charge in [-0.15, -0.1) is 0 Å². The molecule has 1 aromatic rings. The average molecular weight is 269 g/mol. The summed E-state index contributed by atoms with van der Waals surface area (Å²) in [5.74, 6) is 0.0181. The van der Waals surface area contributed by atoms with Gasteiger partial charge in [-0.2, -0.15) is 0 Å². The molecule has 1 atom stereocenters. The first kappa shape index (κ1) is 13.2. The molecule has 1 aliphatic heterocycles. The zero-order chi connectivity index (χ0) is 13.1. The van der Waals surface area contributed by atoms with Crippen LogP contribution in [0.2, 0.25) is 5.02 Å². The number of aliphatic hydroxyl groups is 1. The fourth-order valence-electron chi connectivity index (χ4n) is 2.45. The number of rotatable bonds is 4. The highest BCUT2D eigenvalue weighted by atomic mass is 35.5. The van der Waals surface area contributed by atoms with Crippen LogP contribution in [0.1, 0.15) is 23.2 Å². The first-order valence-electron chi connectivity index (χ1n) is 6.07. The van der Waals surface area contributed by atoms with Crippen molar-refractivity contribution in [1.82, 2.24) is 0 Å². The lowest BCUT2D eigenvalue weighted by Crippen LogP contribution is -2.24. The van der Waals surface area contributed by atoms with E-state index in [0.29, 0.717) is 16.5 Å². The van der Waals surface area contributed by atoms with E-state index < -0.39 is 5.91 Å². The summed E-state index contributed by atoms with van der Waals surface area (Å²) in [6, 6.07) is 5.21. The SMILES string of the molecule is NC(=O)c1cc(Cl)ccc1N1CCC(CCO)C1. The molecule has 98 valence electrons. The van der Waals surface area contributed by atoms with Crippen molar-refractivity contribution in [2.24, 2.45) is 11.7 Å². The molecular formula is C13H17ClN2O2. The van der Waals surface area contributed by atoms with E-state index in [1.165, 1.54) is 0 Å². The highest BCUT2D eigenvalue weighted by Gasteiger charge is 2.24. The molecule has 0 spiro atoms. The summed E-state index contributed by atoms with van der Waals surface area (Å²) < 4.78 is 0. The normalized spacial score (nSPS) is 19.2. The Hall–Kier alpha value is -1.26. The van der Waals surface area contributed by atoms with E-state index in [9.17, 15) is 4.79 Å². The van der Waals surface area contributed by atoms with Gasteiger partial charge in [0.25, 0.3) is 5.91 Å². The van der Waals surface area contributed by atoms with Crippen molar-refractivity contribution in [3.05, 3.63) is 28.8 Å². The van der Waals surface area contributed by atoms with E-state index in [-0.39, 0.29) is 6.61 Å². The Balaban J connectivity index is 2.21. The number of nitrogens with two attached hydrogens (primary N) is 1. The number of halogens is 1. The van der Waals surface area contributed by atoms with Crippen LogP contribution in [0.5, 0.6) is 0 Å². The van der Waals surface area contributed by atoms with Gasteiger partial charge >= 0.3 is 0 Å². The van der Waals surface area contributed by atoms with Crippen molar-refractivity contribution >= 4 is 23.2 Å². The van der Waals surface area contributed by atoms with Crippen LogP contribution in [0, 0.1) is 5.92 Å². The molecule has 2 rings (SSSR count). The van der Waals surface area contributed by atoms with Gasteiger partial charge in [-0.05, 0) is 37.0 Å². The molecule has 5 heteroatoms. The number of benzene rings is 1. The van der Waals surface area contributed by atoms with Gasteiger partial charge in [-0.25, -0.2) is 0 Å². The van der Waals surface area contributed by atoms with Crippen LogP contribution in [0.3, 0.4) is 0 Å². The summed E-state index contributed by atoms with van der Waals surface area (Å²) in [6.45, 7) is 1.94. The molecule has 1 saturated heterocycles. The van der Waals surface area contributed by atoms with Gasteiger partial charge < -0.3 is 15.7 Å². The third-order valence-corrected chi connectivity index (χ3v) is 3.62. The van der Waals surface area contributed by atoms with Gasteiger partial charge in [-0.1, -0.05) is 11.6 Å². The minimum Gasteiger partial charge on any atom is -0.396 e. The van der Waals surface area contributed by atoms with Crippen LogP contribution in [0.15, 0.2) is 18.2 Å². The lowest BCUT2D eigenvalue weighted by atomic mass is 10.1. The van der Waals surface area contributed by atoms with Crippen molar-refractivity contribution in [1.29, 1.82) is 0 Å². The second kappa shape index (κ2) is 5.59. The van der Waals surface area contributed by atoms with E-state index >= 15 is 0 Å². The van der Waals surface area contributed by atoms with E-state index in [4.69, 9.17) is 22.4 Å². The minimum atomic E-state index is -0.460. The molecule has 1 fully saturated rings. The highest BCUT2D eigenvalue weighted by molar-refractivity contribution is 6.31. The van der Waals surface area contributed by atoms with Gasteiger partial charge in [0.1, 0.15) is 0 Å². The number of carbonyl (C=O) groups excluding carboxylic acids is 1. The summed E-state index contributed by atoms with van der Waals surface area (Å²) in [5, 5.41) is 9.47. The maximum Gasteiger partial charge on any atom is 0.250 e. The lowest BCUT2D eigenvalue weighted by molar-refractivity contribution is 0.100. The van der Waals surface area contributed by atoms with Crippen LogP contribution in [-0.2, 0) is 0 Å². The van der Waals surface area contributed by atoms with Gasteiger partial charge in [0.2, 0.25) is 0 Å². The Kier molecular flexibility index (Phi) is 4.09. The van der Waals surface area contributed by atoms with E-state index in [0.717, 1.165) is 31.6 Å². The molecule has 1 heterocycles. The van der Waals surface area contributed by atoms with Gasteiger partial charge in [-0.3, -0.25) is 4.79 Å². The number of carbonyl (C=O) groups is 1. The second-order valence-corrected chi connectivity index (χ2v) is 5.08. The molecule has 0 bridgehead atoms. The van der Waals surface area contributed by atoms with Crippen LogP contribution in [0.4, 0.5) is 5.69 Å². The zero-order valence-electron chi connectivity index (χ0n) is 10.1. The van der Waals surface area contributed by atoms with Crippen LogP contribution >= 0.6 is 11.6 Å². The van der Waals surface area contributed by atoms with Crippen LogP contribution in [0.25, 0.3) is 0 Å². The molecule has 1 aromatic carbocycles. The van der Waals surface area contributed by atoms with Crippen molar-refractivity contribution in [3.8, 4) is 0 Å². The largest absolute Gasteiger partial charge is 0.396 e. The third-order valence-electron chi connectivity index (χ3n) is 3.39. The molecule has 1 aliphatic rings. The van der Waals surface area contributed by atoms with Crippen molar-refractivity contribution in [3.63, 3.8) is 0 Å². The number of anilines is 1. The topological polar surface area (TPSA) is 66.6 Å². The Bertz CT molecular complexity index is 451.